The number of amides is 2. The molecule has 0 saturated heterocycles. The molecule has 150 valence electrons. The van der Waals surface area contributed by atoms with Crippen LogP contribution in [0.15, 0.2) is 35.5 Å². The standard InChI is InChI=1S/C20H21N5O2S2/c1-11-7-8-13-14(9-11)29-19-16(13)17(21)22-20(23-19)28-10-15(26)24-25-18(27)12-5-3-2-4-6-12/h2-6,11H,7-10H2,1H3,(H,24,26)(H,25,27)(H2,21,22,23). The minimum atomic E-state index is -0.371. The lowest BCUT2D eigenvalue weighted by molar-refractivity contribution is -0.119. The molecule has 1 unspecified atom stereocenters. The molecule has 2 amide bonds. The number of aromatic nitrogens is 2. The third-order valence-electron chi connectivity index (χ3n) is 4.85. The van der Waals surface area contributed by atoms with E-state index >= 15 is 0 Å². The lowest BCUT2D eigenvalue weighted by Crippen LogP contribution is -2.42. The molecule has 0 radical (unpaired) electrons. The molecule has 0 aliphatic heterocycles. The lowest BCUT2D eigenvalue weighted by atomic mass is 9.89. The number of nitrogens with one attached hydrogen (secondary N) is 2. The molecule has 2 aromatic heterocycles. The van der Waals surface area contributed by atoms with Gasteiger partial charge in [0.25, 0.3) is 5.91 Å². The number of fused-ring (bicyclic) bond motifs is 3. The Bertz CT molecular complexity index is 1070. The summed E-state index contributed by atoms with van der Waals surface area (Å²) in [6.45, 7) is 2.26. The summed E-state index contributed by atoms with van der Waals surface area (Å²) in [6, 6.07) is 8.67. The van der Waals surface area contributed by atoms with Crippen molar-refractivity contribution in [2.45, 2.75) is 31.3 Å². The summed E-state index contributed by atoms with van der Waals surface area (Å²) < 4.78 is 0. The van der Waals surface area contributed by atoms with Gasteiger partial charge in [-0.05, 0) is 42.9 Å². The second-order valence-electron chi connectivity index (χ2n) is 7.08. The minimum Gasteiger partial charge on any atom is -0.383 e. The molecule has 4 rings (SSSR count). The third-order valence-corrected chi connectivity index (χ3v) is 6.84. The molecule has 1 atom stereocenters. The van der Waals surface area contributed by atoms with E-state index in [1.165, 1.54) is 22.2 Å². The first-order chi connectivity index (χ1) is 14.0. The normalized spacial score (nSPS) is 15.7. The number of hydrogen-bond acceptors (Lipinski definition) is 7. The van der Waals surface area contributed by atoms with Crippen LogP contribution in [-0.2, 0) is 17.6 Å². The second-order valence-corrected chi connectivity index (χ2v) is 9.11. The maximum absolute atomic E-state index is 12.1. The topological polar surface area (TPSA) is 110 Å². The molecule has 0 fully saturated rings. The van der Waals surface area contributed by atoms with Gasteiger partial charge in [0.15, 0.2) is 5.16 Å². The fraction of sp³-hybridized carbons (Fsp3) is 0.300. The Morgan fingerprint density at radius 3 is 2.83 bits per heavy atom. The number of thiophene rings is 1. The highest BCUT2D eigenvalue weighted by Gasteiger charge is 2.23. The van der Waals surface area contributed by atoms with Crippen molar-refractivity contribution in [2.75, 3.05) is 11.5 Å². The molecule has 0 bridgehead atoms. The molecular weight excluding hydrogens is 406 g/mol. The van der Waals surface area contributed by atoms with E-state index in [2.05, 4.69) is 27.7 Å². The number of carbonyl (C=O) groups is 2. The number of hydrazine groups is 1. The monoisotopic (exact) mass is 427 g/mol. The fourth-order valence-electron chi connectivity index (χ4n) is 3.37. The first-order valence-electron chi connectivity index (χ1n) is 9.36. The SMILES string of the molecule is CC1CCc2c(sc3nc(SCC(=O)NNC(=O)c4ccccc4)nc(N)c23)C1. The van der Waals surface area contributed by atoms with Crippen LogP contribution in [-0.4, -0.2) is 27.5 Å². The van der Waals surface area contributed by atoms with Crippen molar-refractivity contribution >= 4 is 50.9 Å². The van der Waals surface area contributed by atoms with Crippen LogP contribution in [0.3, 0.4) is 0 Å². The molecule has 0 spiro atoms. The highest BCUT2D eigenvalue weighted by molar-refractivity contribution is 7.99. The van der Waals surface area contributed by atoms with Gasteiger partial charge >= 0.3 is 0 Å². The molecule has 2 heterocycles. The molecule has 0 saturated carbocycles. The van der Waals surface area contributed by atoms with Crippen LogP contribution in [0.2, 0.25) is 0 Å². The van der Waals surface area contributed by atoms with Crippen molar-refractivity contribution in [1.82, 2.24) is 20.8 Å². The van der Waals surface area contributed by atoms with Gasteiger partial charge < -0.3 is 5.73 Å². The summed E-state index contributed by atoms with van der Waals surface area (Å²) in [6.07, 6.45) is 3.23. The van der Waals surface area contributed by atoms with E-state index < -0.39 is 0 Å². The van der Waals surface area contributed by atoms with Crippen molar-refractivity contribution in [3.8, 4) is 0 Å². The summed E-state index contributed by atoms with van der Waals surface area (Å²) in [5.41, 5.74) is 12.8. The van der Waals surface area contributed by atoms with Crippen molar-refractivity contribution in [2.24, 2.45) is 5.92 Å². The largest absolute Gasteiger partial charge is 0.383 e. The maximum atomic E-state index is 12.1. The number of nitrogens with two attached hydrogens (primary N) is 1. The maximum Gasteiger partial charge on any atom is 0.269 e. The van der Waals surface area contributed by atoms with Crippen molar-refractivity contribution in [3.63, 3.8) is 0 Å². The number of thioether (sulfide) groups is 1. The van der Waals surface area contributed by atoms with Gasteiger partial charge in [-0.15, -0.1) is 11.3 Å². The van der Waals surface area contributed by atoms with Crippen LogP contribution >= 0.6 is 23.1 Å². The second kappa shape index (κ2) is 8.38. The van der Waals surface area contributed by atoms with Gasteiger partial charge in [0.05, 0.1) is 11.1 Å². The van der Waals surface area contributed by atoms with E-state index in [9.17, 15) is 9.59 Å². The molecule has 9 heteroatoms. The Hall–Kier alpha value is -2.65. The fourth-order valence-corrected chi connectivity index (χ4v) is 5.47. The summed E-state index contributed by atoms with van der Waals surface area (Å²) in [5.74, 6) is 0.503. The quantitative estimate of drug-likeness (QED) is 0.335. The minimum absolute atomic E-state index is 0.0716. The van der Waals surface area contributed by atoms with E-state index in [-0.39, 0.29) is 17.6 Å². The average Bonchev–Trinajstić information content (AvgIpc) is 3.08. The van der Waals surface area contributed by atoms with Crippen LogP contribution in [0.1, 0.15) is 34.1 Å². The van der Waals surface area contributed by atoms with Crippen molar-refractivity contribution < 1.29 is 9.59 Å². The van der Waals surface area contributed by atoms with Crippen LogP contribution in [0.5, 0.6) is 0 Å². The molecule has 1 aliphatic carbocycles. The predicted molar refractivity (Wildman–Crippen MR) is 116 cm³/mol. The van der Waals surface area contributed by atoms with Crippen molar-refractivity contribution in [3.05, 3.63) is 46.3 Å². The molecule has 1 aromatic carbocycles. The van der Waals surface area contributed by atoms with Crippen LogP contribution < -0.4 is 16.6 Å². The average molecular weight is 428 g/mol. The molecule has 29 heavy (non-hydrogen) atoms. The Labute approximate surface area is 176 Å². The zero-order chi connectivity index (χ0) is 20.4. The Balaban J connectivity index is 1.38. The Morgan fingerprint density at radius 1 is 1.24 bits per heavy atom. The van der Waals surface area contributed by atoms with E-state index in [1.54, 1.807) is 35.6 Å². The first kappa shape index (κ1) is 19.7. The Morgan fingerprint density at radius 2 is 2.03 bits per heavy atom. The van der Waals surface area contributed by atoms with Crippen molar-refractivity contribution in [1.29, 1.82) is 0 Å². The molecular formula is C20H21N5O2S2. The zero-order valence-electron chi connectivity index (χ0n) is 15.9. The van der Waals surface area contributed by atoms with Gasteiger partial charge in [-0.3, -0.25) is 20.4 Å². The number of rotatable bonds is 4. The van der Waals surface area contributed by atoms with Gasteiger partial charge in [-0.25, -0.2) is 9.97 Å². The molecule has 4 N–H and O–H groups in total. The van der Waals surface area contributed by atoms with Crippen LogP contribution in [0.4, 0.5) is 5.82 Å². The number of nitrogens with zero attached hydrogens (tertiary/aromatic N) is 2. The Kier molecular flexibility index (Phi) is 5.68. The summed E-state index contributed by atoms with van der Waals surface area (Å²) in [5, 5.41) is 1.44. The number of benzene rings is 1. The van der Waals surface area contributed by atoms with E-state index in [1.807, 2.05) is 6.07 Å². The van der Waals surface area contributed by atoms with E-state index in [0.29, 0.717) is 22.5 Å². The summed E-state index contributed by atoms with van der Waals surface area (Å²) >= 11 is 2.87. The molecule has 7 nitrogen and oxygen atoms in total. The smallest absolute Gasteiger partial charge is 0.269 e. The van der Waals surface area contributed by atoms with Gasteiger partial charge in [-0.1, -0.05) is 36.9 Å². The zero-order valence-corrected chi connectivity index (χ0v) is 17.5. The highest BCUT2D eigenvalue weighted by atomic mass is 32.2. The molecule has 3 aromatic rings. The third kappa shape index (κ3) is 4.35. The van der Waals surface area contributed by atoms with E-state index in [4.69, 9.17) is 5.73 Å². The van der Waals surface area contributed by atoms with Gasteiger partial charge in [0.1, 0.15) is 10.6 Å². The first-order valence-corrected chi connectivity index (χ1v) is 11.2. The van der Waals surface area contributed by atoms with Gasteiger partial charge in [-0.2, -0.15) is 0 Å². The summed E-state index contributed by atoms with van der Waals surface area (Å²) in [7, 11) is 0. The number of hydrogen-bond donors (Lipinski definition) is 3. The predicted octanol–water partition coefficient (Wildman–Crippen LogP) is 2.95. The number of carbonyl (C=O) groups excluding carboxylic acids is 2. The highest BCUT2D eigenvalue weighted by Crippen LogP contribution is 2.39. The number of anilines is 1. The summed E-state index contributed by atoms with van der Waals surface area (Å²) in [4.78, 5) is 35.3. The van der Waals surface area contributed by atoms with E-state index in [0.717, 1.165) is 29.5 Å². The van der Waals surface area contributed by atoms with Gasteiger partial charge in [0.2, 0.25) is 5.91 Å². The van der Waals surface area contributed by atoms with Crippen LogP contribution in [0.25, 0.3) is 10.2 Å². The number of aryl methyl sites for hydroxylation is 1. The lowest BCUT2D eigenvalue weighted by Gasteiger charge is -2.17. The molecule has 1 aliphatic rings. The van der Waals surface area contributed by atoms with Gasteiger partial charge in [0, 0.05) is 10.4 Å². The number of nitrogen functional groups attached to an aromatic ring is 1. The van der Waals surface area contributed by atoms with Crippen LogP contribution in [0, 0.1) is 5.92 Å².